The van der Waals surface area contributed by atoms with Crippen molar-refractivity contribution in [1.29, 1.82) is 10.5 Å². The van der Waals surface area contributed by atoms with Crippen LogP contribution in [0.15, 0.2) is 23.1 Å². The number of amides is 1. The highest BCUT2D eigenvalue weighted by Crippen LogP contribution is 2.23. The highest BCUT2D eigenvalue weighted by atomic mass is 32.2. The Morgan fingerprint density at radius 1 is 1.19 bits per heavy atom. The molecule has 4 nitrogen and oxygen atoms in total. The zero-order valence-electron chi connectivity index (χ0n) is 12.4. The zero-order chi connectivity index (χ0) is 15.7. The van der Waals surface area contributed by atoms with Crippen LogP contribution in [-0.4, -0.2) is 29.6 Å². The molecule has 0 atom stereocenters. The molecule has 1 amide bonds. The maximum Gasteiger partial charge on any atom is 0.232 e. The van der Waals surface area contributed by atoms with E-state index in [0.717, 1.165) is 10.5 Å². The first kappa shape index (κ1) is 17.1. The summed E-state index contributed by atoms with van der Waals surface area (Å²) in [5, 5.41) is 17.3. The van der Waals surface area contributed by atoms with E-state index in [4.69, 9.17) is 10.5 Å². The number of carbonyl (C=O) groups is 1. The lowest BCUT2D eigenvalue weighted by molar-refractivity contribution is -0.128. The molecule has 0 N–H and O–H groups in total. The van der Waals surface area contributed by atoms with Gasteiger partial charge in [0, 0.05) is 18.0 Å². The third-order valence-corrected chi connectivity index (χ3v) is 4.18. The monoisotopic (exact) mass is 301 g/mol. The lowest BCUT2D eigenvalue weighted by Gasteiger charge is -2.20. The molecule has 0 aliphatic carbocycles. The largest absolute Gasteiger partial charge is 0.340 e. The van der Waals surface area contributed by atoms with E-state index in [1.54, 1.807) is 4.90 Å². The van der Waals surface area contributed by atoms with E-state index in [9.17, 15) is 4.79 Å². The van der Waals surface area contributed by atoms with Crippen LogP contribution in [0, 0.1) is 36.5 Å². The van der Waals surface area contributed by atoms with Gasteiger partial charge >= 0.3 is 0 Å². The van der Waals surface area contributed by atoms with Crippen molar-refractivity contribution in [3.05, 3.63) is 29.3 Å². The molecule has 0 spiro atoms. The average Bonchev–Trinajstić information content (AvgIpc) is 2.46. The first-order valence-corrected chi connectivity index (χ1v) is 7.78. The molecule has 0 saturated heterocycles. The smallest absolute Gasteiger partial charge is 0.232 e. The standard InChI is InChI=1S/C16H19N3OS/c1-13-5-6-15(14(2)11-13)21-12-16(20)19(9-3-7-17)10-4-8-18/h5-6,11H,3-4,9-10,12H2,1-2H3. The number of nitriles is 2. The normalized spacial score (nSPS) is 9.71. The summed E-state index contributed by atoms with van der Waals surface area (Å²) in [5.74, 6) is 0.311. The molecule has 5 heteroatoms. The van der Waals surface area contributed by atoms with Crippen LogP contribution in [0.3, 0.4) is 0 Å². The van der Waals surface area contributed by atoms with E-state index in [1.165, 1.54) is 17.3 Å². The van der Waals surface area contributed by atoms with E-state index < -0.39 is 0 Å². The van der Waals surface area contributed by atoms with E-state index in [1.807, 2.05) is 38.1 Å². The molecule has 0 aliphatic rings. The maximum absolute atomic E-state index is 12.2. The molecule has 1 aromatic rings. The highest BCUT2D eigenvalue weighted by molar-refractivity contribution is 8.00. The minimum Gasteiger partial charge on any atom is -0.340 e. The van der Waals surface area contributed by atoms with Crippen LogP contribution in [0.25, 0.3) is 0 Å². The van der Waals surface area contributed by atoms with Crippen molar-refractivity contribution in [2.75, 3.05) is 18.8 Å². The molecule has 0 radical (unpaired) electrons. The molecule has 0 fully saturated rings. The van der Waals surface area contributed by atoms with Gasteiger partial charge in [0.05, 0.1) is 30.7 Å². The number of carbonyl (C=O) groups excluding carboxylic acids is 1. The minimum absolute atomic E-state index is 0.0227. The first-order valence-electron chi connectivity index (χ1n) is 6.80. The lowest BCUT2D eigenvalue weighted by Crippen LogP contribution is -2.34. The Bertz CT molecular complexity index is 554. The zero-order valence-corrected chi connectivity index (χ0v) is 13.2. The number of rotatable bonds is 7. The fourth-order valence-corrected chi connectivity index (χ4v) is 2.84. The summed E-state index contributed by atoms with van der Waals surface area (Å²) in [7, 11) is 0. The van der Waals surface area contributed by atoms with Gasteiger partial charge in [0.15, 0.2) is 0 Å². The molecule has 21 heavy (non-hydrogen) atoms. The maximum atomic E-state index is 12.2. The van der Waals surface area contributed by atoms with Crippen molar-refractivity contribution >= 4 is 17.7 Å². The summed E-state index contributed by atoms with van der Waals surface area (Å²) in [5.41, 5.74) is 2.36. The van der Waals surface area contributed by atoms with Crippen molar-refractivity contribution < 1.29 is 4.79 Å². The summed E-state index contributed by atoms with van der Waals surface area (Å²) < 4.78 is 0. The fourth-order valence-electron chi connectivity index (χ4n) is 1.92. The molecule has 1 rings (SSSR count). The Morgan fingerprint density at radius 2 is 1.81 bits per heavy atom. The van der Waals surface area contributed by atoms with Gasteiger partial charge in [-0.15, -0.1) is 11.8 Å². The number of thioether (sulfide) groups is 1. The van der Waals surface area contributed by atoms with E-state index in [-0.39, 0.29) is 5.91 Å². The quantitative estimate of drug-likeness (QED) is 0.726. The van der Waals surface area contributed by atoms with Crippen LogP contribution >= 0.6 is 11.8 Å². The third kappa shape index (κ3) is 5.89. The van der Waals surface area contributed by atoms with E-state index in [0.29, 0.717) is 31.7 Å². The van der Waals surface area contributed by atoms with Gasteiger partial charge in [0.2, 0.25) is 5.91 Å². The van der Waals surface area contributed by atoms with Gasteiger partial charge in [0.25, 0.3) is 0 Å². The summed E-state index contributed by atoms with van der Waals surface area (Å²) in [6.07, 6.45) is 0.594. The number of aryl methyl sites for hydroxylation is 2. The number of hydrogen-bond acceptors (Lipinski definition) is 4. The van der Waals surface area contributed by atoms with Crippen molar-refractivity contribution in [2.24, 2.45) is 0 Å². The van der Waals surface area contributed by atoms with Crippen molar-refractivity contribution in [3.8, 4) is 12.1 Å². The molecule has 0 bridgehead atoms. The second kappa shape index (κ2) is 9.05. The van der Waals surface area contributed by atoms with Crippen molar-refractivity contribution in [2.45, 2.75) is 31.6 Å². The van der Waals surface area contributed by atoms with Gasteiger partial charge in [-0.1, -0.05) is 17.7 Å². The van der Waals surface area contributed by atoms with Gasteiger partial charge in [-0.3, -0.25) is 4.79 Å². The number of nitrogens with zero attached hydrogens (tertiary/aromatic N) is 3. The second-order valence-electron chi connectivity index (χ2n) is 4.75. The Labute approximate surface area is 130 Å². The predicted octanol–water partition coefficient (Wildman–Crippen LogP) is 3.05. The number of hydrogen-bond donors (Lipinski definition) is 0. The molecular formula is C16H19N3OS. The van der Waals surface area contributed by atoms with Crippen LogP contribution in [0.1, 0.15) is 24.0 Å². The molecule has 1 aromatic carbocycles. The predicted molar refractivity (Wildman–Crippen MR) is 83.7 cm³/mol. The summed E-state index contributed by atoms with van der Waals surface area (Å²) in [6.45, 7) is 4.86. The van der Waals surface area contributed by atoms with Crippen LogP contribution in [0.2, 0.25) is 0 Å². The Kier molecular flexibility index (Phi) is 7.36. The summed E-state index contributed by atoms with van der Waals surface area (Å²) in [4.78, 5) is 14.9. The minimum atomic E-state index is -0.0227. The third-order valence-electron chi connectivity index (χ3n) is 3.02. The van der Waals surface area contributed by atoms with E-state index in [2.05, 4.69) is 6.07 Å². The van der Waals surface area contributed by atoms with Crippen molar-refractivity contribution in [3.63, 3.8) is 0 Å². The molecule has 0 aromatic heterocycles. The average molecular weight is 301 g/mol. The van der Waals surface area contributed by atoms with Crippen LogP contribution in [-0.2, 0) is 4.79 Å². The van der Waals surface area contributed by atoms with Crippen LogP contribution < -0.4 is 0 Å². The molecular weight excluding hydrogens is 282 g/mol. The highest BCUT2D eigenvalue weighted by Gasteiger charge is 2.13. The molecule has 0 heterocycles. The SMILES string of the molecule is Cc1ccc(SCC(=O)N(CCC#N)CCC#N)c(C)c1. The van der Waals surface area contributed by atoms with Gasteiger partial charge in [-0.25, -0.2) is 0 Å². The summed E-state index contributed by atoms with van der Waals surface area (Å²) >= 11 is 1.50. The Balaban J connectivity index is 2.60. The fraction of sp³-hybridized carbons (Fsp3) is 0.438. The van der Waals surface area contributed by atoms with Crippen LogP contribution in [0.5, 0.6) is 0 Å². The van der Waals surface area contributed by atoms with Gasteiger partial charge in [-0.05, 0) is 25.5 Å². The van der Waals surface area contributed by atoms with E-state index >= 15 is 0 Å². The first-order chi connectivity index (χ1) is 10.1. The second-order valence-corrected chi connectivity index (χ2v) is 5.77. The molecule has 0 aliphatic heterocycles. The Morgan fingerprint density at radius 3 is 2.33 bits per heavy atom. The lowest BCUT2D eigenvalue weighted by atomic mass is 10.2. The number of benzene rings is 1. The molecule has 110 valence electrons. The summed E-state index contributed by atoms with van der Waals surface area (Å²) in [6, 6.07) is 10.2. The van der Waals surface area contributed by atoms with Gasteiger partial charge < -0.3 is 4.90 Å². The Hall–Kier alpha value is -1.98. The van der Waals surface area contributed by atoms with Gasteiger partial charge in [0.1, 0.15) is 0 Å². The topological polar surface area (TPSA) is 67.9 Å². The van der Waals surface area contributed by atoms with Crippen LogP contribution in [0.4, 0.5) is 0 Å². The van der Waals surface area contributed by atoms with Crippen molar-refractivity contribution in [1.82, 2.24) is 4.90 Å². The molecule has 0 unspecified atom stereocenters. The van der Waals surface area contributed by atoms with Gasteiger partial charge in [-0.2, -0.15) is 10.5 Å². The molecule has 0 saturated carbocycles.